The Labute approximate surface area is 127 Å². The molecule has 0 spiro atoms. The summed E-state index contributed by atoms with van der Waals surface area (Å²) in [6.45, 7) is 5.37. The summed E-state index contributed by atoms with van der Waals surface area (Å²) in [5.74, 6) is 0.0358. The third kappa shape index (κ3) is 4.58. The van der Waals surface area contributed by atoms with Crippen LogP contribution in [0.1, 0.15) is 43.0 Å². The molecule has 0 saturated carbocycles. The van der Waals surface area contributed by atoms with E-state index in [0.717, 1.165) is 28.9 Å². The Balaban J connectivity index is 1.65. The quantitative estimate of drug-likeness (QED) is 0.829. The van der Waals surface area contributed by atoms with E-state index in [-0.39, 0.29) is 5.91 Å². The molecule has 5 heteroatoms. The molecule has 0 bridgehead atoms. The van der Waals surface area contributed by atoms with Gasteiger partial charge in [-0.3, -0.25) is 4.79 Å². The number of likely N-dealkylation sites (tertiary alicyclic amines) is 1. The summed E-state index contributed by atoms with van der Waals surface area (Å²) < 4.78 is 1.000. The van der Waals surface area contributed by atoms with Crippen molar-refractivity contribution in [3.63, 3.8) is 0 Å². The van der Waals surface area contributed by atoms with E-state index in [4.69, 9.17) is 0 Å². The van der Waals surface area contributed by atoms with Gasteiger partial charge in [0.1, 0.15) is 0 Å². The van der Waals surface area contributed by atoms with Gasteiger partial charge in [0.2, 0.25) is 0 Å². The normalized spacial score (nSPS) is 20.4. The molecule has 1 fully saturated rings. The first-order valence-corrected chi connectivity index (χ1v) is 8.60. The lowest BCUT2D eigenvalue weighted by molar-refractivity contribution is 0.0949. The summed E-state index contributed by atoms with van der Waals surface area (Å²) in [5.41, 5.74) is 0.753. The van der Waals surface area contributed by atoms with Gasteiger partial charge in [-0.25, -0.2) is 0 Å². The van der Waals surface area contributed by atoms with Crippen molar-refractivity contribution in [2.75, 3.05) is 19.6 Å². The average Bonchev–Trinajstić information content (AvgIpc) is 2.83. The number of rotatable bonds is 5. The van der Waals surface area contributed by atoms with Crippen LogP contribution in [0.5, 0.6) is 0 Å². The molecule has 3 nitrogen and oxygen atoms in total. The summed E-state index contributed by atoms with van der Waals surface area (Å²) in [5, 5.41) is 4.87. The minimum absolute atomic E-state index is 0.0358. The van der Waals surface area contributed by atoms with Crippen molar-refractivity contribution in [2.24, 2.45) is 0 Å². The molecule has 0 aromatic carbocycles. The number of piperidine rings is 1. The third-order valence-electron chi connectivity index (χ3n) is 3.68. The predicted octanol–water partition coefficient (Wildman–Crippen LogP) is 3.50. The standard InChI is InChI=1S/C14H21BrN2OS/c1-11-5-2-3-7-17(11)8-4-6-16-14(18)12-9-13(15)19-10-12/h9-11H,2-8H2,1H3,(H,16,18). The number of nitrogens with zero attached hydrogens (tertiary/aromatic N) is 1. The SMILES string of the molecule is CC1CCCCN1CCCNC(=O)c1csc(Br)c1. The van der Waals surface area contributed by atoms with Crippen LogP contribution >= 0.6 is 27.3 Å². The van der Waals surface area contributed by atoms with Gasteiger partial charge in [0.15, 0.2) is 0 Å². The van der Waals surface area contributed by atoms with Crippen molar-refractivity contribution in [1.82, 2.24) is 10.2 Å². The molecule has 0 radical (unpaired) electrons. The van der Waals surface area contributed by atoms with E-state index in [9.17, 15) is 4.79 Å². The van der Waals surface area contributed by atoms with E-state index >= 15 is 0 Å². The Kier molecular flexibility index (Phi) is 5.85. The molecule has 1 unspecified atom stereocenters. The molecular formula is C14H21BrN2OS. The third-order valence-corrected chi connectivity index (χ3v) is 5.18. The zero-order valence-corrected chi connectivity index (χ0v) is 13.7. The van der Waals surface area contributed by atoms with E-state index < -0.39 is 0 Å². The maximum absolute atomic E-state index is 11.8. The second-order valence-electron chi connectivity index (χ2n) is 5.13. The van der Waals surface area contributed by atoms with Crippen LogP contribution < -0.4 is 5.32 Å². The average molecular weight is 345 g/mol. The highest BCUT2D eigenvalue weighted by molar-refractivity contribution is 9.11. The fourth-order valence-corrected chi connectivity index (χ4v) is 3.64. The van der Waals surface area contributed by atoms with Crippen molar-refractivity contribution in [3.8, 4) is 0 Å². The number of halogens is 1. The zero-order chi connectivity index (χ0) is 13.7. The van der Waals surface area contributed by atoms with Crippen molar-refractivity contribution >= 4 is 33.2 Å². The fraction of sp³-hybridized carbons (Fsp3) is 0.643. The lowest BCUT2D eigenvalue weighted by Gasteiger charge is -2.33. The van der Waals surface area contributed by atoms with Crippen LogP contribution in [0.4, 0.5) is 0 Å². The Morgan fingerprint density at radius 1 is 1.58 bits per heavy atom. The largest absolute Gasteiger partial charge is 0.352 e. The van der Waals surface area contributed by atoms with E-state index in [1.165, 1.54) is 25.8 Å². The summed E-state index contributed by atoms with van der Waals surface area (Å²) in [6.07, 6.45) is 5.03. The second-order valence-corrected chi connectivity index (χ2v) is 7.42. The van der Waals surface area contributed by atoms with Gasteiger partial charge in [-0.2, -0.15) is 0 Å². The van der Waals surface area contributed by atoms with Crippen LogP contribution in [0.2, 0.25) is 0 Å². The molecule has 0 aliphatic carbocycles. The summed E-state index contributed by atoms with van der Waals surface area (Å²) in [6, 6.07) is 2.57. The number of carbonyl (C=O) groups excluding carboxylic acids is 1. The number of hydrogen-bond donors (Lipinski definition) is 1. The van der Waals surface area contributed by atoms with Crippen molar-refractivity contribution in [2.45, 2.75) is 38.6 Å². The molecule has 2 heterocycles. The first-order chi connectivity index (χ1) is 9.16. The van der Waals surface area contributed by atoms with E-state index in [2.05, 4.69) is 33.1 Å². The molecule has 1 atom stereocenters. The molecular weight excluding hydrogens is 324 g/mol. The van der Waals surface area contributed by atoms with Gasteiger partial charge >= 0.3 is 0 Å². The predicted molar refractivity (Wildman–Crippen MR) is 83.9 cm³/mol. The maximum Gasteiger partial charge on any atom is 0.252 e. The molecule has 1 aromatic rings. The van der Waals surface area contributed by atoms with E-state index in [1.54, 1.807) is 11.3 Å². The Bertz CT molecular complexity index is 421. The monoisotopic (exact) mass is 344 g/mol. The minimum Gasteiger partial charge on any atom is -0.352 e. The number of carbonyl (C=O) groups is 1. The van der Waals surface area contributed by atoms with Crippen molar-refractivity contribution in [3.05, 3.63) is 20.8 Å². The second kappa shape index (κ2) is 7.41. The van der Waals surface area contributed by atoms with Gasteiger partial charge in [0.05, 0.1) is 9.35 Å². The maximum atomic E-state index is 11.8. The van der Waals surface area contributed by atoms with Gasteiger partial charge < -0.3 is 10.2 Å². The highest BCUT2D eigenvalue weighted by atomic mass is 79.9. The molecule has 106 valence electrons. The van der Waals surface area contributed by atoms with Crippen LogP contribution in [0.15, 0.2) is 15.2 Å². The lowest BCUT2D eigenvalue weighted by atomic mass is 10.0. The van der Waals surface area contributed by atoms with Gasteiger partial charge in [-0.1, -0.05) is 6.42 Å². The Morgan fingerprint density at radius 3 is 3.11 bits per heavy atom. The first kappa shape index (κ1) is 15.0. The van der Waals surface area contributed by atoms with Gasteiger partial charge in [0, 0.05) is 24.5 Å². The van der Waals surface area contributed by atoms with Crippen LogP contribution in [-0.4, -0.2) is 36.5 Å². The molecule has 19 heavy (non-hydrogen) atoms. The van der Waals surface area contributed by atoms with Crippen LogP contribution in [-0.2, 0) is 0 Å². The van der Waals surface area contributed by atoms with Gasteiger partial charge in [-0.05, 0) is 54.7 Å². The molecule has 1 saturated heterocycles. The first-order valence-electron chi connectivity index (χ1n) is 6.93. The molecule has 1 aliphatic rings. The zero-order valence-electron chi connectivity index (χ0n) is 11.3. The topological polar surface area (TPSA) is 32.3 Å². The van der Waals surface area contributed by atoms with Gasteiger partial charge in [0.25, 0.3) is 5.91 Å². The molecule has 1 aliphatic heterocycles. The van der Waals surface area contributed by atoms with Crippen molar-refractivity contribution < 1.29 is 4.79 Å². The summed E-state index contributed by atoms with van der Waals surface area (Å²) >= 11 is 4.92. The smallest absolute Gasteiger partial charge is 0.252 e. The summed E-state index contributed by atoms with van der Waals surface area (Å²) in [7, 11) is 0. The number of nitrogens with one attached hydrogen (secondary N) is 1. The van der Waals surface area contributed by atoms with E-state index in [0.29, 0.717) is 6.04 Å². The minimum atomic E-state index is 0.0358. The number of thiophene rings is 1. The fourth-order valence-electron chi connectivity index (χ4n) is 2.51. The highest BCUT2D eigenvalue weighted by Crippen LogP contribution is 2.20. The van der Waals surface area contributed by atoms with E-state index in [1.807, 2.05) is 11.4 Å². The lowest BCUT2D eigenvalue weighted by Crippen LogP contribution is -2.39. The number of amides is 1. The summed E-state index contributed by atoms with van der Waals surface area (Å²) in [4.78, 5) is 14.4. The van der Waals surface area contributed by atoms with Crippen LogP contribution in [0, 0.1) is 0 Å². The molecule has 2 rings (SSSR count). The van der Waals surface area contributed by atoms with Crippen LogP contribution in [0.3, 0.4) is 0 Å². The Morgan fingerprint density at radius 2 is 2.42 bits per heavy atom. The van der Waals surface area contributed by atoms with Crippen LogP contribution in [0.25, 0.3) is 0 Å². The molecule has 1 N–H and O–H groups in total. The highest BCUT2D eigenvalue weighted by Gasteiger charge is 2.17. The number of hydrogen-bond acceptors (Lipinski definition) is 3. The Hall–Kier alpha value is -0.390. The van der Waals surface area contributed by atoms with Gasteiger partial charge in [-0.15, -0.1) is 11.3 Å². The molecule has 1 aromatic heterocycles. The molecule has 1 amide bonds. The van der Waals surface area contributed by atoms with Crippen molar-refractivity contribution in [1.29, 1.82) is 0 Å².